The minimum Gasteiger partial charge on any atom is -0.395 e. The minimum absolute atomic E-state index is 0.0238. The van der Waals surface area contributed by atoms with Crippen molar-refractivity contribution in [1.29, 1.82) is 0 Å². The maximum atomic E-state index is 11.9. The summed E-state index contributed by atoms with van der Waals surface area (Å²) in [4.78, 5) is 13.4. The molecule has 0 atom stereocenters. The molecule has 0 radical (unpaired) electrons. The van der Waals surface area contributed by atoms with Gasteiger partial charge in [-0.2, -0.15) is 5.10 Å². The lowest BCUT2D eigenvalue weighted by molar-refractivity contribution is 0.0766. The summed E-state index contributed by atoms with van der Waals surface area (Å²) in [7, 11) is 3.47. The molecule has 84 valence electrons. The summed E-state index contributed by atoms with van der Waals surface area (Å²) in [6, 6.07) is 0. The summed E-state index contributed by atoms with van der Waals surface area (Å²) >= 11 is 0. The van der Waals surface area contributed by atoms with Crippen molar-refractivity contribution in [3.8, 4) is 0 Å². The third-order valence-electron chi connectivity index (χ3n) is 2.25. The molecule has 5 heteroatoms. The van der Waals surface area contributed by atoms with Gasteiger partial charge < -0.3 is 10.0 Å². The fourth-order valence-corrected chi connectivity index (χ4v) is 1.43. The van der Waals surface area contributed by atoms with Crippen molar-refractivity contribution in [3.63, 3.8) is 0 Å². The van der Waals surface area contributed by atoms with E-state index in [1.54, 1.807) is 25.0 Å². The zero-order valence-electron chi connectivity index (χ0n) is 9.40. The van der Waals surface area contributed by atoms with E-state index >= 15 is 0 Å². The number of aryl methyl sites for hydroxylation is 2. The summed E-state index contributed by atoms with van der Waals surface area (Å²) in [6.07, 6.45) is 2.45. The molecular weight excluding hydrogens is 194 g/mol. The normalized spacial score (nSPS) is 10.4. The molecule has 1 rings (SSSR count). The van der Waals surface area contributed by atoms with Crippen LogP contribution in [0.1, 0.15) is 23.0 Å². The molecule has 1 aromatic rings. The number of hydrogen-bond donors (Lipinski definition) is 1. The van der Waals surface area contributed by atoms with Gasteiger partial charge in [0.05, 0.1) is 17.9 Å². The lowest BCUT2D eigenvalue weighted by atomic mass is 10.2. The summed E-state index contributed by atoms with van der Waals surface area (Å²) in [6.45, 7) is 2.28. The first-order valence-corrected chi connectivity index (χ1v) is 4.99. The van der Waals surface area contributed by atoms with Gasteiger partial charge >= 0.3 is 0 Å². The van der Waals surface area contributed by atoms with Gasteiger partial charge in [0.2, 0.25) is 0 Å². The third kappa shape index (κ3) is 2.56. The molecule has 0 unspecified atom stereocenters. The van der Waals surface area contributed by atoms with Crippen LogP contribution in [-0.2, 0) is 13.5 Å². The zero-order valence-corrected chi connectivity index (χ0v) is 9.40. The van der Waals surface area contributed by atoms with Crippen LogP contribution < -0.4 is 0 Å². The van der Waals surface area contributed by atoms with Crippen molar-refractivity contribution in [2.45, 2.75) is 13.3 Å². The number of aliphatic hydroxyl groups is 1. The number of amides is 1. The van der Waals surface area contributed by atoms with Gasteiger partial charge in [0.25, 0.3) is 5.91 Å². The molecule has 0 fully saturated rings. The van der Waals surface area contributed by atoms with E-state index in [9.17, 15) is 4.79 Å². The van der Waals surface area contributed by atoms with E-state index in [0.29, 0.717) is 12.1 Å². The fraction of sp³-hybridized carbons (Fsp3) is 0.600. The van der Waals surface area contributed by atoms with Crippen molar-refractivity contribution in [2.75, 3.05) is 20.2 Å². The van der Waals surface area contributed by atoms with Gasteiger partial charge in [-0.3, -0.25) is 9.48 Å². The Morgan fingerprint density at radius 1 is 1.67 bits per heavy atom. The standard InChI is InChI=1S/C10H17N3O2/c1-4-9-8(7-13(3)11-9)10(15)12(2)5-6-14/h7,14H,4-6H2,1-3H3. The molecule has 0 spiro atoms. The SMILES string of the molecule is CCc1nn(C)cc1C(=O)N(C)CCO. The van der Waals surface area contributed by atoms with Gasteiger partial charge in [-0.1, -0.05) is 6.92 Å². The van der Waals surface area contributed by atoms with Crippen molar-refractivity contribution >= 4 is 5.91 Å². The molecule has 0 aromatic carbocycles. The Morgan fingerprint density at radius 3 is 2.87 bits per heavy atom. The lowest BCUT2D eigenvalue weighted by Crippen LogP contribution is -2.29. The molecule has 1 heterocycles. The second-order valence-electron chi connectivity index (χ2n) is 3.47. The maximum Gasteiger partial charge on any atom is 0.257 e. The smallest absolute Gasteiger partial charge is 0.257 e. The predicted molar refractivity (Wildman–Crippen MR) is 56.6 cm³/mol. The topological polar surface area (TPSA) is 58.4 Å². The monoisotopic (exact) mass is 211 g/mol. The average molecular weight is 211 g/mol. The van der Waals surface area contributed by atoms with Gasteiger partial charge in [-0.25, -0.2) is 0 Å². The highest BCUT2D eigenvalue weighted by atomic mass is 16.3. The number of nitrogens with zero attached hydrogens (tertiary/aromatic N) is 3. The Kier molecular flexibility index (Phi) is 3.85. The number of hydrogen-bond acceptors (Lipinski definition) is 3. The van der Waals surface area contributed by atoms with E-state index < -0.39 is 0 Å². The molecule has 0 aliphatic rings. The second-order valence-corrected chi connectivity index (χ2v) is 3.47. The number of rotatable bonds is 4. The van der Waals surface area contributed by atoms with Crippen LogP contribution in [0.3, 0.4) is 0 Å². The number of likely N-dealkylation sites (N-methyl/N-ethyl adjacent to an activating group) is 1. The Balaban J connectivity index is 2.89. The largest absolute Gasteiger partial charge is 0.395 e. The van der Waals surface area contributed by atoms with Gasteiger partial charge in [-0.15, -0.1) is 0 Å². The first-order valence-electron chi connectivity index (χ1n) is 4.99. The summed E-state index contributed by atoms with van der Waals surface area (Å²) in [5.74, 6) is -0.0889. The zero-order chi connectivity index (χ0) is 11.4. The van der Waals surface area contributed by atoms with Gasteiger partial charge in [0, 0.05) is 26.8 Å². The van der Waals surface area contributed by atoms with E-state index in [-0.39, 0.29) is 12.5 Å². The number of aromatic nitrogens is 2. The van der Waals surface area contributed by atoms with Crippen molar-refractivity contribution in [2.24, 2.45) is 7.05 Å². The number of aliphatic hydroxyl groups excluding tert-OH is 1. The van der Waals surface area contributed by atoms with Gasteiger partial charge in [-0.05, 0) is 6.42 Å². The van der Waals surface area contributed by atoms with E-state index in [2.05, 4.69) is 5.10 Å². The lowest BCUT2D eigenvalue weighted by Gasteiger charge is -2.14. The molecule has 0 bridgehead atoms. The minimum atomic E-state index is -0.0889. The molecule has 0 saturated carbocycles. The molecular formula is C10H17N3O2. The Morgan fingerprint density at radius 2 is 2.33 bits per heavy atom. The molecule has 15 heavy (non-hydrogen) atoms. The maximum absolute atomic E-state index is 11.9. The van der Waals surface area contributed by atoms with Crippen LogP contribution in [0, 0.1) is 0 Å². The first kappa shape index (κ1) is 11.7. The molecule has 1 amide bonds. The predicted octanol–water partition coefficient (Wildman–Crippen LogP) is 0.0468. The Labute approximate surface area is 89.3 Å². The number of carbonyl (C=O) groups is 1. The van der Waals surface area contributed by atoms with Crippen LogP contribution in [-0.4, -0.2) is 45.9 Å². The highest BCUT2D eigenvalue weighted by Crippen LogP contribution is 2.09. The molecule has 0 saturated heterocycles. The second kappa shape index (κ2) is 4.93. The van der Waals surface area contributed by atoms with Gasteiger partial charge in [0.1, 0.15) is 0 Å². The highest BCUT2D eigenvalue weighted by molar-refractivity contribution is 5.94. The molecule has 0 aliphatic heterocycles. The quantitative estimate of drug-likeness (QED) is 0.765. The summed E-state index contributed by atoms with van der Waals surface area (Å²) < 4.78 is 1.64. The van der Waals surface area contributed by atoms with Gasteiger partial charge in [0.15, 0.2) is 0 Å². The van der Waals surface area contributed by atoms with Crippen molar-refractivity contribution < 1.29 is 9.90 Å². The number of carbonyl (C=O) groups excluding carboxylic acids is 1. The summed E-state index contributed by atoms with van der Waals surface area (Å²) in [5.41, 5.74) is 1.42. The van der Waals surface area contributed by atoms with Crippen LogP contribution in [0.4, 0.5) is 0 Å². The van der Waals surface area contributed by atoms with Crippen molar-refractivity contribution in [3.05, 3.63) is 17.5 Å². The fourth-order valence-electron chi connectivity index (χ4n) is 1.43. The van der Waals surface area contributed by atoms with Crippen LogP contribution >= 0.6 is 0 Å². The van der Waals surface area contributed by atoms with Crippen LogP contribution in [0.25, 0.3) is 0 Å². The first-order chi connectivity index (χ1) is 7.10. The van der Waals surface area contributed by atoms with Crippen LogP contribution in [0.5, 0.6) is 0 Å². The third-order valence-corrected chi connectivity index (χ3v) is 2.25. The molecule has 1 aromatic heterocycles. The Bertz CT molecular complexity index is 346. The van der Waals surface area contributed by atoms with Crippen LogP contribution in [0.2, 0.25) is 0 Å². The highest BCUT2D eigenvalue weighted by Gasteiger charge is 2.17. The van der Waals surface area contributed by atoms with E-state index in [4.69, 9.17) is 5.11 Å². The van der Waals surface area contributed by atoms with E-state index in [0.717, 1.165) is 12.1 Å². The molecule has 1 N–H and O–H groups in total. The molecule has 0 aliphatic carbocycles. The molecule has 5 nitrogen and oxygen atoms in total. The average Bonchev–Trinajstić information content (AvgIpc) is 2.58. The van der Waals surface area contributed by atoms with E-state index in [1.165, 1.54) is 4.90 Å². The Hall–Kier alpha value is -1.36. The van der Waals surface area contributed by atoms with Crippen molar-refractivity contribution in [1.82, 2.24) is 14.7 Å². The van der Waals surface area contributed by atoms with Crippen LogP contribution in [0.15, 0.2) is 6.20 Å². The van der Waals surface area contributed by atoms with E-state index in [1.807, 2.05) is 6.92 Å². The summed E-state index contributed by atoms with van der Waals surface area (Å²) in [5, 5.41) is 12.9.